The Morgan fingerprint density at radius 2 is 2.24 bits per heavy atom. The van der Waals surface area contributed by atoms with Gasteiger partial charge in [0.2, 0.25) is 0 Å². The van der Waals surface area contributed by atoms with Gasteiger partial charge in [-0.25, -0.2) is 9.97 Å². The molecule has 0 amide bonds. The molecule has 0 aromatic carbocycles. The number of likely N-dealkylation sites (tertiary alicyclic amines) is 1. The topological polar surface area (TPSA) is 79.4 Å². The van der Waals surface area contributed by atoms with E-state index in [2.05, 4.69) is 31.0 Å². The molecule has 4 rings (SSSR count). The van der Waals surface area contributed by atoms with Gasteiger partial charge in [-0.05, 0) is 68.4 Å². The fraction of sp³-hybridized carbons (Fsp3) is 0.458. The van der Waals surface area contributed by atoms with Crippen LogP contribution in [0.4, 0.5) is 11.6 Å². The maximum absolute atomic E-state index is 11.2. The molecule has 1 saturated heterocycles. The number of hydrogen-bond donors (Lipinski definition) is 2. The van der Waals surface area contributed by atoms with E-state index < -0.39 is 0 Å². The van der Waals surface area contributed by atoms with Gasteiger partial charge >= 0.3 is 5.97 Å². The summed E-state index contributed by atoms with van der Waals surface area (Å²) in [6.45, 7) is 4.21. The standard InChI is InChI=1S/C24H30ClN5O2S/c1-17-11-12-26-22(14-17)29-21-9-4-8-19(28-21)20-15-27-24(33-20)30-13-5-7-18(16-30)6-2-3-10-23(31)32-25/h4,8-9,11-12,14-15,18,24,27H,2-3,5-7,10,13,16H2,1H3,(H,26,28,29). The predicted octanol–water partition coefficient (Wildman–Crippen LogP) is 5.42. The Morgan fingerprint density at radius 3 is 3.09 bits per heavy atom. The van der Waals surface area contributed by atoms with E-state index in [1.807, 2.05) is 49.0 Å². The molecule has 4 heterocycles. The van der Waals surface area contributed by atoms with Crippen molar-refractivity contribution in [3.63, 3.8) is 0 Å². The molecule has 2 atom stereocenters. The summed E-state index contributed by atoms with van der Waals surface area (Å²) in [5.41, 5.74) is 2.33. The van der Waals surface area contributed by atoms with Crippen molar-refractivity contribution in [2.75, 3.05) is 18.4 Å². The lowest BCUT2D eigenvalue weighted by atomic mass is 9.92. The maximum atomic E-state index is 11.2. The first-order chi connectivity index (χ1) is 16.1. The summed E-state index contributed by atoms with van der Waals surface area (Å²) in [6, 6.07) is 10.0. The molecule has 2 aromatic heterocycles. The number of anilines is 2. The molecule has 176 valence electrons. The van der Waals surface area contributed by atoms with E-state index in [1.165, 1.54) is 12.8 Å². The Kier molecular flexibility index (Phi) is 8.47. The summed E-state index contributed by atoms with van der Waals surface area (Å²) < 4.78 is 4.21. The van der Waals surface area contributed by atoms with Crippen molar-refractivity contribution in [1.82, 2.24) is 20.2 Å². The maximum Gasteiger partial charge on any atom is 0.324 e. The second-order valence-electron chi connectivity index (χ2n) is 8.60. The zero-order valence-corrected chi connectivity index (χ0v) is 20.4. The SMILES string of the molecule is Cc1ccnc(Nc2cccc(C3=CNC(N4CCCC(CCCCC(=O)OCl)C4)S3)n2)c1. The van der Waals surface area contributed by atoms with Gasteiger partial charge in [0.15, 0.2) is 0 Å². The zero-order chi connectivity index (χ0) is 23.0. The summed E-state index contributed by atoms with van der Waals surface area (Å²) in [5, 5.41) is 6.84. The number of halogens is 1. The molecular formula is C24H30ClN5O2S. The second-order valence-corrected chi connectivity index (χ2v) is 9.87. The number of nitrogens with zero attached hydrogens (tertiary/aromatic N) is 3. The molecule has 2 unspecified atom stereocenters. The number of carbonyl (C=O) groups excluding carboxylic acids is 1. The van der Waals surface area contributed by atoms with E-state index in [1.54, 1.807) is 6.20 Å². The van der Waals surface area contributed by atoms with Crippen LogP contribution in [0.25, 0.3) is 4.91 Å². The molecule has 1 fully saturated rings. The van der Waals surface area contributed by atoms with E-state index in [0.29, 0.717) is 12.3 Å². The number of pyridine rings is 2. The average molecular weight is 488 g/mol. The van der Waals surface area contributed by atoms with Crippen LogP contribution in [0.2, 0.25) is 0 Å². The van der Waals surface area contributed by atoms with Crippen LogP contribution in [-0.2, 0) is 9.08 Å². The van der Waals surface area contributed by atoms with Crippen LogP contribution in [0.5, 0.6) is 0 Å². The Labute approximate surface area is 204 Å². The Bertz CT molecular complexity index is 989. The van der Waals surface area contributed by atoms with Crippen LogP contribution >= 0.6 is 23.6 Å². The highest BCUT2D eigenvalue weighted by Crippen LogP contribution is 2.37. The lowest BCUT2D eigenvalue weighted by molar-refractivity contribution is -0.134. The molecule has 2 aromatic rings. The van der Waals surface area contributed by atoms with Crippen LogP contribution in [0.1, 0.15) is 49.8 Å². The summed E-state index contributed by atoms with van der Waals surface area (Å²) in [4.78, 5) is 24.0. The first-order valence-electron chi connectivity index (χ1n) is 11.5. The number of carbonyl (C=O) groups is 1. The number of aromatic nitrogens is 2. The van der Waals surface area contributed by atoms with Crippen LogP contribution in [0, 0.1) is 12.8 Å². The van der Waals surface area contributed by atoms with Crippen molar-refractivity contribution < 1.29 is 9.08 Å². The summed E-state index contributed by atoms with van der Waals surface area (Å²) in [6.07, 6.45) is 9.70. The molecule has 0 radical (unpaired) electrons. The summed E-state index contributed by atoms with van der Waals surface area (Å²) in [5.74, 6) is 1.90. The molecule has 9 heteroatoms. The molecule has 2 aliphatic heterocycles. The van der Waals surface area contributed by atoms with Crippen LogP contribution < -0.4 is 10.6 Å². The quantitative estimate of drug-likeness (QED) is 0.454. The average Bonchev–Trinajstić information content (AvgIpc) is 3.33. The fourth-order valence-electron chi connectivity index (χ4n) is 4.31. The van der Waals surface area contributed by atoms with Gasteiger partial charge < -0.3 is 14.9 Å². The minimum absolute atomic E-state index is 0.228. The molecule has 7 nitrogen and oxygen atoms in total. The van der Waals surface area contributed by atoms with Gasteiger partial charge in [-0.1, -0.05) is 24.2 Å². The van der Waals surface area contributed by atoms with E-state index >= 15 is 0 Å². The number of unbranched alkanes of at least 4 members (excludes halogenated alkanes) is 1. The fourth-order valence-corrected chi connectivity index (χ4v) is 5.48. The first kappa shape index (κ1) is 23.9. The third-order valence-electron chi connectivity index (χ3n) is 5.98. The van der Waals surface area contributed by atoms with E-state index in [0.717, 1.165) is 60.2 Å². The molecule has 0 bridgehead atoms. The minimum Gasteiger partial charge on any atom is -0.366 e. The first-order valence-corrected chi connectivity index (χ1v) is 12.6. The molecular weight excluding hydrogens is 458 g/mol. The van der Waals surface area contributed by atoms with Crippen molar-refractivity contribution in [2.45, 2.75) is 50.9 Å². The number of piperidine rings is 1. The van der Waals surface area contributed by atoms with Crippen molar-refractivity contribution in [3.8, 4) is 0 Å². The van der Waals surface area contributed by atoms with Gasteiger partial charge in [-0.3, -0.25) is 9.69 Å². The van der Waals surface area contributed by atoms with Gasteiger partial charge in [0.25, 0.3) is 0 Å². The minimum atomic E-state index is -0.338. The van der Waals surface area contributed by atoms with Crippen LogP contribution in [-0.4, -0.2) is 39.4 Å². The van der Waals surface area contributed by atoms with Crippen molar-refractivity contribution in [3.05, 3.63) is 54.0 Å². The van der Waals surface area contributed by atoms with Crippen molar-refractivity contribution >= 4 is 46.1 Å². The van der Waals surface area contributed by atoms with Crippen LogP contribution in [0.15, 0.2) is 42.7 Å². The smallest absolute Gasteiger partial charge is 0.324 e. The van der Waals surface area contributed by atoms with E-state index in [9.17, 15) is 4.79 Å². The number of thioether (sulfide) groups is 1. The Morgan fingerprint density at radius 1 is 1.33 bits per heavy atom. The number of hydrogen-bond acceptors (Lipinski definition) is 8. The highest BCUT2D eigenvalue weighted by molar-refractivity contribution is 8.09. The normalized spacial score (nSPS) is 20.7. The van der Waals surface area contributed by atoms with Crippen molar-refractivity contribution in [2.24, 2.45) is 5.92 Å². The number of rotatable bonds is 9. The predicted molar refractivity (Wildman–Crippen MR) is 134 cm³/mol. The lowest BCUT2D eigenvalue weighted by Gasteiger charge is -2.36. The summed E-state index contributed by atoms with van der Waals surface area (Å²) >= 11 is 6.92. The van der Waals surface area contributed by atoms with Gasteiger partial charge in [0, 0.05) is 31.9 Å². The van der Waals surface area contributed by atoms with E-state index in [4.69, 9.17) is 16.9 Å². The molecule has 0 spiro atoms. The zero-order valence-electron chi connectivity index (χ0n) is 18.8. The highest BCUT2D eigenvalue weighted by atomic mass is 35.5. The van der Waals surface area contributed by atoms with Gasteiger partial charge in [0.05, 0.1) is 10.6 Å². The number of nitrogens with one attached hydrogen (secondary N) is 2. The van der Waals surface area contributed by atoms with Gasteiger partial charge in [0.1, 0.15) is 29.0 Å². The molecule has 2 aliphatic rings. The third-order valence-corrected chi connectivity index (χ3v) is 7.39. The third kappa shape index (κ3) is 6.85. The number of aryl methyl sites for hydroxylation is 1. The largest absolute Gasteiger partial charge is 0.366 e. The Balaban J connectivity index is 1.28. The van der Waals surface area contributed by atoms with Crippen LogP contribution in [0.3, 0.4) is 0 Å². The van der Waals surface area contributed by atoms with Gasteiger partial charge in [-0.2, -0.15) is 0 Å². The second kappa shape index (κ2) is 11.7. The van der Waals surface area contributed by atoms with Crippen molar-refractivity contribution in [1.29, 1.82) is 0 Å². The molecule has 0 aliphatic carbocycles. The lowest BCUT2D eigenvalue weighted by Crippen LogP contribution is -2.45. The molecule has 2 N–H and O–H groups in total. The molecule has 33 heavy (non-hydrogen) atoms. The van der Waals surface area contributed by atoms with Gasteiger partial charge in [-0.15, -0.1) is 0 Å². The van der Waals surface area contributed by atoms with E-state index in [-0.39, 0.29) is 11.5 Å². The monoisotopic (exact) mass is 487 g/mol. The summed E-state index contributed by atoms with van der Waals surface area (Å²) in [7, 11) is 0. The Hall–Kier alpha value is -2.29. The molecule has 0 saturated carbocycles. The highest BCUT2D eigenvalue weighted by Gasteiger charge is 2.29.